The molecule has 29 heavy (non-hydrogen) atoms. The molecule has 0 aromatic heterocycles. The van der Waals surface area contributed by atoms with E-state index in [1.807, 2.05) is 55.8 Å². The Hall–Kier alpha value is -0.920. The molecule has 0 aliphatic rings. The van der Waals surface area contributed by atoms with Gasteiger partial charge in [0.15, 0.2) is 0 Å². The van der Waals surface area contributed by atoms with E-state index in [9.17, 15) is 14.3 Å². The maximum absolute atomic E-state index is 12.6. The van der Waals surface area contributed by atoms with E-state index in [1.165, 1.54) is 0 Å². The number of hydrogen-bond donors (Lipinski definition) is 2. The highest BCUT2D eigenvalue weighted by molar-refractivity contribution is 7.47. The summed E-state index contributed by atoms with van der Waals surface area (Å²) in [7, 11) is 1.69. The van der Waals surface area contributed by atoms with Gasteiger partial charge in [-0.05, 0) is 39.5 Å². The number of phosphoric acid groups is 1. The Morgan fingerprint density at radius 3 is 2.21 bits per heavy atom. The van der Waals surface area contributed by atoms with Crippen molar-refractivity contribution in [2.75, 3.05) is 47.5 Å². The second-order valence-corrected chi connectivity index (χ2v) is 10.6. The number of nitrogens with one attached hydrogen (secondary N) is 1. The second kappa shape index (κ2) is 12.1. The van der Waals surface area contributed by atoms with Gasteiger partial charge in [-0.3, -0.25) is 13.8 Å². The smallest absolute Gasteiger partial charge is 0.463 e. The highest BCUT2D eigenvalue weighted by atomic mass is 31.2. The molecule has 0 heterocycles. The lowest BCUT2D eigenvalue weighted by Crippen LogP contribution is -2.37. The van der Waals surface area contributed by atoms with E-state index < -0.39 is 13.2 Å². The molecule has 0 fully saturated rings. The summed E-state index contributed by atoms with van der Waals surface area (Å²) in [4.78, 5) is 22.3. The first-order valence-corrected chi connectivity index (χ1v) is 11.7. The quantitative estimate of drug-likeness (QED) is 0.176. The van der Waals surface area contributed by atoms with E-state index in [0.29, 0.717) is 23.9 Å². The van der Waals surface area contributed by atoms with Crippen LogP contribution in [0.3, 0.4) is 0 Å². The van der Waals surface area contributed by atoms with Gasteiger partial charge in [-0.15, -0.1) is 0 Å². The van der Waals surface area contributed by atoms with Gasteiger partial charge >= 0.3 is 13.8 Å². The van der Waals surface area contributed by atoms with Crippen molar-refractivity contribution in [1.82, 2.24) is 5.32 Å². The number of carbonyl (C=O) groups excluding carboxylic acids is 1. The van der Waals surface area contributed by atoms with Gasteiger partial charge in [-0.25, -0.2) is 4.57 Å². The van der Waals surface area contributed by atoms with Crippen LogP contribution in [0.4, 0.5) is 0 Å². The Kier molecular flexibility index (Phi) is 11.7. The molecule has 0 aromatic rings. The van der Waals surface area contributed by atoms with Crippen LogP contribution < -0.4 is 5.32 Å². The summed E-state index contributed by atoms with van der Waals surface area (Å²) in [5.74, 6) is -0.259. The van der Waals surface area contributed by atoms with E-state index >= 15 is 0 Å². The molecule has 0 bridgehead atoms. The summed E-state index contributed by atoms with van der Waals surface area (Å²) in [6, 6.07) is 0.278. The third-order valence-corrected chi connectivity index (χ3v) is 5.70. The van der Waals surface area contributed by atoms with Gasteiger partial charge in [-0.1, -0.05) is 20.4 Å². The first-order valence-electron chi connectivity index (χ1n) is 10.2. The number of hydrogen-bond acceptors (Lipinski definition) is 6. The molecule has 172 valence electrons. The van der Waals surface area contributed by atoms with Crippen LogP contribution in [-0.2, 0) is 23.1 Å². The highest BCUT2D eigenvalue weighted by Gasteiger charge is 2.35. The lowest BCUT2D eigenvalue weighted by atomic mass is 9.78. The van der Waals surface area contributed by atoms with Crippen LogP contribution in [-0.4, -0.2) is 68.9 Å². The standard InChI is InChI=1S/C20H41N2O6P/c1-10-20(6,15-17(4)18(5)21-16(2)3)19(23)26-13-14-28-29(24,25)27-12-11-22(7,8)9/h16-17,21H,5,10-15H2,1-4,6-9H3/p+1. The molecule has 0 aliphatic carbocycles. The molecular formula is C20H42N2O6P+. The van der Waals surface area contributed by atoms with Crippen LogP contribution in [0.25, 0.3) is 0 Å². The summed E-state index contributed by atoms with van der Waals surface area (Å²) < 4.78 is 27.6. The number of esters is 1. The van der Waals surface area contributed by atoms with Gasteiger partial charge in [0.25, 0.3) is 0 Å². The fraction of sp³-hybridized carbons (Fsp3) is 0.850. The second-order valence-electron chi connectivity index (χ2n) is 9.13. The van der Waals surface area contributed by atoms with E-state index in [-0.39, 0.29) is 37.7 Å². The third-order valence-electron chi connectivity index (χ3n) is 4.69. The number of nitrogens with zero attached hydrogens (tertiary/aromatic N) is 1. The van der Waals surface area contributed by atoms with Crippen LogP contribution in [0, 0.1) is 11.3 Å². The van der Waals surface area contributed by atoms with Crippen molar-refractivity contribution in [3.63, 3.8) is 0 Å². The topological polar surface area (TPSA) is 94.1 Å². The molecule has 0 saturated heterocycles. The lowest BCUT2D eigenvalue weighted by molar-refractivity contribution is -0.870. The van der Waals surface area contributed by atoms with Crippen LogP contribution in [0.5, 0.6) is 0 Å². The van der Waals surface area contributed by atoms with Crippen molar-refractivity contribution in [2.24, 2.45) is 11.3 Å². The summed E-state index contributed by atoms with van der Waals surface area (Å²) in [5, 5.41) is 3.28. The maximum Gasteiger partial charge on any atom is 0.472 e. The Morgan fingerprint density at radius 2 is 1.72 bits per heavy atom. The Bertz CT molecular complexity index is 576. The zero-order chi connectivity index (χ0) is 22.9. The Morgan fingerprint density at radius 1 is 1.17 bits per heavy atom. The number of allylic oxidation sites excluding steroid dienone is 1. The molecule has 9 heteroatoms. The molecule has 2 N–H and O–H groups in total. The van der Waals surface area contributed by atoms with E-state index in [4.69, 9.17) is 13.8 Å². The van der Waals surface area contributed by atoms with Gasteiger partial charge < -0.3 is 19.4 Å². The molecule has 0 aromatic carbocycles. The van der Waals surface area contributed by atoms with E-state index in [1.54, 1.807) is 0 Å². The van der Waals surface area contributed by atoms with Crippen molar-refractivity contribution in [1.29, 1.82) is 0 Å². The van der Waals surface area contributed by atoms with Gasteiger partial charge in [0.05, 0.1) is 33.2 Å². The SMILES string of the molecule is C=C(NC(C)C)C(C)CC(C)(CC)C(=O)OCCOP(=O)(O)OCC[N+](C)(C)C. The fourth-order valence-electron chi connectivity index (χ4n) is 2.61. The van der Waals surface area contributed by atoms with E-state index in [0.717, 1.165) is 5.70 Å². The molecule has 0 amide bonds. The highest BCUT2D eigenvalue weighted by Crippen LogP contribution is 2.43. The van der Waals surface area contributed by atoms with Gasteiger partial charge in [0.2, 0.25) is 0 Å². The number of quaternary nitrogens is 1. The predicted molar refractivity (Wildman–Crippen MR) is 115 cm³/mol. The molecule has 0 radical (unpaired) electrons. The van der Waals surface area contributed by atoms with Crippen LogP contribution in [0.15, 0.2) is 12.3 Å². The largest absolute Gasteiger partial charge is 0.472 e. The zero-order valence-corrected chi connectivity index (χ0v) is 20.4. The zero-order valence-electron chi connectivity index (χ0n) is 19.5. The number of phosphoric ester groups is 1. The fourth-order valence-corrected chi connectivity index (χ4v) is 3.30. The van der Waals surface area contributed by atoms with Crippen molar-refractivity contribution in [3.8, 4) is 0 Å². The van der Waals surface area contributed by atoms with E-state index in [2.05, 4.69) is 11.9 Å². The molecule has 8 nitrogen and oxygen atoms in total. The third kappa shape index (κ3) is 12.4. The Labute approximate surface area is 176 Å². The maximum atomic E-state index is 12.6. The predicted octanol–water partition coefficient (Wildman–Crippen LogP) is 3.32. The number of ether oxygens (including phenoxy) is 1. The van der Waals surface area contributed by atoms with Crippen LogP contribution >= 0.6 is 7.82 Å². The summed E-state index contributed by atoms with van der Waals surface area (Å²) in [6.45, 7) is 14.3. The average Bonchev–Trinajstić information content (AvgIpc) is 2.56. The summed E-state index contributed by atoms with van der Waals surface area (Å²) in [5.41, 5.74) is 0.216. The molecule has 3 atom stereocenters. The molecule has 0 rings (SSSR count). The molecule has 3 unspecified atom stereocenters. The van der Waals surface area contributed by atoms with Crippen molar-refractivity contribution in [3.05, 3.63) is 12.3 Å². The molecular weight excluding hydrogens is 395 g/mol. The van der Waals surface area contributed by atoms with Gasteiger partial charge in [0, 0.05) is 11.7 Å². The van der Waals surface area contributed by atoms with Gasteiger partial charge in [0.1, 0.15) is 19.8 Å². The summed E-state index contributed by atoms with van der Waals surface area (Å²) in [6.07, 6.45) is 1.20. The van der Waals surface area contributed by atoms with Crippen molar-refractivity contribution in [2.45, 2.75) is 53.5 Å². The van der Waals surface area contributed by atoms with Gasteiger partial charge in [-0.2, -0.15) is 0 Å². The van der Waals surface area contributed by atoms with Crippen molar-refractivity contribution >= 4 is 13.8 Å². The molecule has 0 spiro atoms. The van der Waals surface area contributed by atoms with Crippen LogP contribution in [0.2, 0.25) is 0 Å². The average molecular weight is 438 g/mol. The lowest BCUT2D eigenvalue weighted by Gasteiger charge is -2.30. The Balaban J connectivity index is 4.47. The minimum Gasteiger partial charge on any atom is -0.463 e. The molecule has 0 saturated carbocycles. The number of carbonyl (C=O) groups is 1. The first-order chi connectivity index (χ1) is 13.1. The first kappa shape index (κ1) is 28.1. The minimum absolute atomic E-state index is 0.0944. The van der Waals surface area contributed by atoms with Crippen LogP contribution in [0.1, 0.15) is 47.5 Å². The summed E-state index contributed by atoms with van der Waals surface area (Å²) >= 11 is 0. The van der Waals surface area contributed by atoms with Crippen molar-refractivity contribution < 1.29 is 32.5 Å². The number of likely N-dealkylation sites (N-methyl/N-ethyl adjacent to an activating group) is 1. The molecule has 0 aliphatic heterocycles. The normalized spacial score (nSPS) is 17.3. The monoisotopic (exact) mass is 437 g/mol. The minimum atomic E-state index is -4.16. The number of rotatable bonds is 15.